The Kier molecular flexibility index (Phi) is 6.13. The minimum absolute atomic E-state index is 0.00236. The number of halogens is 2. The average Bonchev–Trinajstić information content (AvgIpc) is 2.80. The molecule has 0 aromatic carbocycles. The molecular weight excluding hydrogens is 254 g/mol. The monoisotopic (exact) mass is 278 g/mol. The van der Waals surface area contributed by atoms with E-state index in [9.17, 15) is 13.6 Å². The maximum Gasteiger partial charge on any atom is 0.326 e. The van der Waals surface area contributed by atoms with Crippen LogP contribution in [-0.2, 0) is 9.53 Å². The number of ether oxygens (including phenoxy) is 1. The Labute approximate surface area is 113 Å². The van der Waals surface area contributed by atoms with Crippen LogP contribution in [0.1, 0.15) is 32.6 Å². The second kappa shape index (κ2) is 7.14. The second-order valence-electron chi connectivity index (χ2n) is 5.23. The fourth-order valence-corrected chi connectivity index (χ4v) is 2.74. The van der Waals surface area contributed by atoms with Crippen molar-refractivity contribution in [2.45, 2.75) is 50.6 Å². The van der Waals surface area contributed by atoms with E-state index in [1.165, 1.54) is 7.11 Å². The van der Waals surface area contributed by atoms with Gasteiger partial charge in [-0.3, -0.25) is 9.69 Å². The molecule has 0 amide bonds. The van der Waals surface area contributed by atoms with Gasteiger partial charge in [0.05, 0.1) is 13.7 Å². The van der Waals surface area contributed by atoms with E-state index in [1.807, 2.05) is 6.92 Å². The van der Waals surface area contributed by atoms with Gasteiger partial charge in [-0.2, -0.15) is 0 Å². The Bertz CT molecular complexity index is 302. The lowest BCUT2D eigenvalue weighted by Crippen LogP contribution is -2.52. The zero-order valence-corrected chi connectivity index (χ0v) is 11.9. The lowest BCUT2D eigenvalue weighted by atomic mass is 9.97. The maximum atomic E-state index is 12.4. The van der Waals surface area contributed by atoms with E-state index in [2.05, 4.69) is 5.32 Å². The molecule has 0 radical (unpaired) electrons. The van der Waals surface area contributed by atoms with Crippen molar-refractivity contribution in [2.24, 2.45) is 0 Å². The summed E-state index contributed by atoms with van der Waals surface area (Å²) in [4.78, 5) is 13.6. The molecule has 1 aliphatic rings. The first-order valence-corrected chi connectivity index (χ1v) is 6.77. The maximum absolute atomic E-state index is 12.4. The highest BCUT2D eigenvalue weighted by Gasteiger charge is 2.46. The summed E-state index contributed by atoms with van der Waals surface area (Å²) >= 11 is 0. The third-order valence-electron chi connectivity index (χ3n) is 3.83. The van der Waals surface area contributed by atoms with E-state index < -0.39 is 12.0 Å². The van der Waals surface area contributed by atoms with Gasteiger partial charge in [0.2, 0.25) is 0 Å². The van der Waals surface area contributed by atoms with Crippen molar-refractivity contribution in [3.63, 3.8) is 0 Å². The number of hydrogen-bond donors (Lipinski definition) is 1. The number of carbonyl (C=O) groups excluding carboxylic acids is 1. The molecule has 0 heterocycles. The lowest BCUT2D eigenvalue weighted by molar-refractivity contribution is -0.148. The molecule has 2 atom stereocenters. The molecule has 1 saturated carbocycles. The van der Waals surface area contributed by atoms with Crippen LogP contribution < -0.4 is 5.32 Å². The van der Waals surface area contributed by atoms with Gasteiger partial charge in [-0.25, -0.2) is 8.78 Å². The van der Waals surface area contributed by atoms with Gasteiger partial charge in [-0.1, -0.05) is 6.92 Å². The Hall–Kier alpha value is -0.750. The van der Waals surface area contributed by atoms with Crippen molar-refractivity contribution in [1.82, 2.24) is 10.2 Å². The molecule has 6 heteroatoms. The average molecular weight is 278 g/mol. The van der Waals surface area contributed by atoms with Crippen LogP contribution in [0.4, 0.5) is 8.78 Å². The van der Waals surface area contributed by atoms with Gasteiger partial charge in [0.25, 0.3) is 6.43 Å². The van der Waals surface area contributed by atoms with Gasteiger partial charge in [-0.15, -0.1) is 0 Å². The highest BCUT2D eigenvalue weighted by atomic mass is 19.3. The van der Waals surface area contributed by atoms with Crippen LogP contribution in [-0.4, -0.2) is 56.1 Å². The topological polar surface area (TPSA) is 41.6 Å². The fourth-order valence-electron chi connectivity index (χ4n) is 2.74. The minimum atomic E-state index is -2.35. The number of carbonyl (C=O) groups is 1. The van der Waals surface area contributed by atoms with E-state index >= 15 is 0 Å². The number of nitrogens with zero attached hydrogens (tertiary/aromatic N) is 1. The summed E-state index contributed by atoms with van der Waals surface area (Å²) in [6.07, 6.45) is 0.466. The summed E-state index contributed by atoms with van der Waals surface area (Å²) < 4.78 is 29.7. The third kappa shape index (κ3) is 4.11. The van der Waals surface area contributed by atoms with E-state index in [-0.39, 0.29) is 18.6 Å². The van der Waals surface area contributed by atoms with Crippen LogP contribution in [0.5, 0.6) is 0 Å². The number of alkyl halides is 2. The molecule has 0 aromatic heterocycles. The van der Waals surface area contributed by atoms with Crippen LogP contribution in [0.25, 0.3) is 0 Å². The number of rotatable bonds is 7. The smallest absolute Gasteiger partial charge is 0.326 e. The van der Waals surface area contributed by atoms with E-state index in [4.69, 9.17) is 4.74 Å². The van der Waals surface area contributed by atoms with Gasteiger partial charge in [0.1, 0.15) is 5.54 Å². The summed E-state index contributed by atoms with van der Waals surface area (Å²) in [7, 11) is 3.05. The molecule has 19 heavy (non-hydrogen) atoms. The zero-order valence-electron chi connectivity index (χ0n) is 11.9. The number of esters is 1. The fraction of sp³-hybridized carbons (Fsp3) is 0.923. The molecule has 0 bridgehead atoms. The molecule has 0 aliphatic heterocycles. The highest BCUT2D eigenvalue weighted by Crippen LogP contribution is 2.34. The van der Waals surface area contributed by atoms with Crippen molar-refractivity contribution in [3.05, 3.63) is 0 Å². The molecule has 0 aromatic rings. The van der Waals surface area contributed by atoms with Gasteiger partial charge in [-0.05, 0) is 39.3 Å². The quantitative estimate of drug-likeness (QED) is 0.719. The first-order valence-electron chi connectivity index (χ1n) is 6.77. The van der Waals surface area contributed by atoms with Gasteiger partial charge < -0.3 is 10.1 Å². The molecule has 2 unspecified atom stereocenters. The molecule has 0 spiro atoms. The largest absolute Gasteiger partial charge is 0.468 e. The van der Waals surface area contributed by atoms with Crippen LogP contribution in [0.2, 0.25) is 0 Å². The van der Waals surface area contributed by atoms with Crippen molar-refractivity contribution in [2.75, 3.05) is 27.2 Å². The van der Waals surface area contributed by atoms with Gasteiger partial charge >= 0.3 is 5.97 Å². The first kappa shape index (κ1) is 16.3. The third-order valence-corrected chi connectivity index (χ3v) is 3.83. The summed E-state index contributed by atoms with van der Waals surface area (Å²) in [6, 6.07) is -0.00236. The van der Waals surface area contributed by atoms with Gasteiger partial charge in [0, 0.05) is 6.04 Å². The summed E-state index contributed by atoms with van der Waals surface area (Å²) in [5.74, 6) is -0.283. The number of nitrogens with one attached hydrogen (secondary N) is 1. The van der Waals surface area contributed by atoms with Gasteiger partial charge in [0.15, 0.2) is 0 Å². The standard InChI is InChI=1S/C13H24F2N2O2/c1-4-7-16-13(12(18)19-3)6-5-10(8-13)17(2)9-11(14)15/h10-11,16H,4-9H2,1-3H3. The van der Waals surface area contributed by atoms with Crippen LogP contribution in [0.3, 0.4) is 0 Å². The molecule has 0 saturated heterocycles. The predicted molar refractivity (Wildman–Crippen MR) is 69.3 cm³/mol. The SMILES string of the molecule is CCCNC1(C(=O)OC)CCC(N(C)CC(F)F)C1. The Morgan fingerprint density at radius 2 is 2.26 bits per heavy atom. The molecule has 1 fully saturated rings. The molecule has 1 aliphatic carbocycles. The van der Waals surface area contributed by atoms with Crippen LogP contribution in [0.15, 0.2) is 0 Å². The van der Waals surface area contributed by atoms with Crippen molar-refractivity contribution < 1.29 is 18.3 Å². The van der Waals surface area contributed by atoms with E-state index in [1.54, 1.807) is 11.9 Å². The summed E-state index contributed by atoms with van der Waals surface area (Å²) in [5.41, 5.74) is -0.703. The van der Waals surface area contributed by atoms with Crippen LogP contribution >= 0.6 is 0 Å². The molecule has 112 valence electrons. The van der Waals surface area contributed by atoms with Crippen molar-refractivity contribution in [3.8, 4) is 0 Å². The van der Waals surface area contributed by atoms with Crippen molar-refractivity contribution in [1.29, 1.82) is 0 Å². The highest BCUT2D eigenvalue weighted by molar-refractivity contribution is 5.81. The second-order valence-corrected chi connectivity index (χ2v) is 5.23. The molecule has 1 rings (SSSR count). The van der Waals surface area contributed by atoms with E-state index in [0.717, 1.165) is 19.4 Å². The first-order chi connectivity index (χ1) is 8.95. The Morgan fingerprint density at radius 1 is 1.58 bits per heavy atom. The molecular formula is C13H24F2N2O2. The number of hydrogen-bond acceptors (Lipinski definition) is 4. The predicted octanol–water partition coefficient (Wildman–Crippen LogP) is 1.65. The Morgan fingerprint density at radius 3 is 2.79 bits per heavy atom. The Balaban J connectivity index is 2.68. The molecule has 1 N–H and O–H groups in total. The zero-order chi connectivity index (χ0) is 14.5. The van der Waals surface area contributed by atoms with Crippen molar-refractivity contribution >= 4 is 5.97 Å². The van der Waals surface area contributed by atoms with E-state index in [0.29, 0.717) is 12.8 Å². The minimum Gasteiger partial charge on any atom is -0.468 e. The number of methoxy groups -OCH3 is 1. The van der Waals surface area contributed by atoms with Crippen LogP contribution in [0, 0.1) is 0 Å². The summed E-state index contributed by atoms with van der Waals surface area (Å²) in [6.45, 7) is 2.49. The molecule has 4 nitrogen and oxygen atoms in total. The lowest BCUT2D eigenvalue weighted by Gasteiger charge is -2.29. The normalized spacial score (nSPS) is 27.2. The summed E-state index contributed by atoms with van der Waals surface area (Å²) in [5, 5.41) is 3.24.